The van der Waals surface area contributed by atoms with Crippen LogP contribution in [-0.2, 0) is 4.79 Å². The number of carboxylic acid groups (broad SMARTS) is 2. The molecule has 0 spiro atoms. The van der Waals surface area contributed by atoms with Crippen molar-refractivity contribution in [2.45, 2.75) is 40.2 Å². The lowest BCUT2D eigenvalue weighted by molar-refractivity contribution is -0.131. The first-order chi connectivity index (χ1) is 13.5. The number of hydrogen-bond donors (Lipinski definition) is 4. The van der Waals surface area contributed by atoms with Crippen molar-refractivity contribution in [1.82, 2.24) is 0 Å². The van der Waals surface area contributed by atoms with Crippen LogP contribution in [0.4, 0.5) is 0 Å². The summed E-state index contributed by atoms with van der Waals surface area (Å²) in [5.74, 6) is -3.12. The second kappa shape index (κ2) is 13.2. The van der Waals surface area contributed by atoms with Crippen molar-refractivity contribution in [3.63, 3.8) is 0 Å². The number of rotatable bonds is 5. The van der Waals surface area contributed by atoms with E-state index in [4.69, 9.17) is 20.4 Å². The third-order valence-electron chi connectivity index (χ3n) is 3.80. The number of aliphatic carboxylic acids is 1. The van der Waals surface area contributed by atoms with E-state index in [0.717, 1.165) is 16.7 Å². The molecule has 0 radical (unpaired) electrons. The van der Waals surface area contributed by atoms with Crippen molar-refractivity contribution in [1.29, 1.82) is 0 Å². The van der Waals surface area contributed by atoms with Gasteiger partial charge >= 0.3 is 11.9 Å². The van der Waals surface area contributed by atoms with Gasteiger partial charge in [-0.1, -0.05) is 42.8 Å². The molecule has 0 saturated heterocycles. The van der Waals surface area contributed by atoms with Gasteiger partial charge in [0.1, 0.15) is 0 Å². The summed E-state index contributed by atoms with van der Waals surface area (Å²) in [6.45, 7) is 7.11. The predicted molar refractivity (Wildman–Crippen MR) is 109 cm³/mol. The Morgan fingerprint density at radius 2 is 1.41 bits per heavy atom. The highest BCUT2D eigenvalue weighted by Crippen LogP contribution is 2.16. The Hall–Kier alpha value is -3.03. The van der Waals surface area contributed by atoms with Crippen molar-refractivity contribution in [2.24, 2.45) is 0 Å². The van der Waals surface area contributed by atoms with Crippen LogP contribution in [0.25, 0.3) is 0 Å². The van der Waals surface area contributed by atoms with Gasteiger partial charge in [-0.05, 0) is 50.5 Å². The molecule has 0 aromatic heterocycles. The van der Waals surface area contributed by atoms with Gasteiger partial charge in [0.25, 0.3) is 5.78 Å². The third-order valence-corrected chi connectivity index (χ3v) is 3.80. The van der Waals surface area contributed by atoms with E-state index in [1.54, 1.807) is 44.2 Å². The highest BCUT2D eigenvalue weighted by Gasteiger charge is 2.19. The number of benzene rings is 2. The summed E-state index contributed by atoms with van der Waals surface area (Å²) < 4.78 is 0. The van der Waals surface area contributed by atoms with Crippen molar-refractivity contribution in [3.05, 3.63) is 70.3 Å². The van der Waals surface area contributed by atoms with E-state index in [1.807, 2.05) is 26.0 Å². The molecular weight excluding hydrogens is 376 g/mol. The maximum absolute atomic E-state index is 11.3. The number of carbonyl (C=O) groups excluding carboxylic acids is 1. The number of aliphatic hydroxyl groups excluding tert-OH is 2. The summed E-state index contributed by atoms with van der Waals surface area (Å²) in [6.07, 6.45) is 0.126. The van der Waals surface area contributed by atoms with Gasteiger partial charge in [-0.3, -0.25) is 4.79 Å². The molecule has 7 heteroatoms. The van der Waals surface area contributed by atoms with Crippen LogP contribution in [0.5, 0.6) is 0 Å². The summed E-state index contributed by atoms with van der Waals surface area (Å²) in [4.78, 5) is 32.0. The highest BCUT2D eigenvalue weighted by atomic mass is 16.4. The molecule has 0 aliphatic heterocycles. The number of hydrogen-bond acceptors (Lipinski definition) is 5. The first kappa shape index (κ1) is 26.0. The third kappa shape index (κ3) is 9.64. The van der Waals surface area contributed by atoms with Crippen LogP contribution < -0.4 is 0 Å². The largest absolute Gasteiger partial charge is 0.478 e. The van der Waals surface area contributed by atoms with Gasteiger partial charge in [-0.2, -0.15) is 0 Å². The molecule has 158 valence electrons. The van der Waals surface area contributed by atoms with Gasteiger partial charge in [0.2, 0.25) is 0 Å². The Morgan fingerprint density at radius 1 is 0.931 bits per heavy atom. The fourth-order valence-electron chi connectivity index (χ4n) is 2.35. The molecule has 2 rings (SSSR count). The van der Waals surface area contributed by atoms with Crippen molar-refractivity contribution in [3.8, 4) is 0 Å². The zero-order chi connectivity index (χ0) is 22.6. The fourth-order valence-corrected chi connectivity index (χ4v) is 2.35. The lowest BCUT2D eigenvalue weighted by atomic mass is 9.97. The minimum atomic E-state index is -1.40. The molecule has 0 bridgehead atoms. The first-order valence-corrected chi connectivity index (χ1v) is 8.97. The minimum Gasteiger partial charge on any atom is -0.478 e. The molecule has 1 atom stereocenters. The molecule has 29 heavy (non-hydrogen) atoms. The van der Waals surface area contributed by atoms with Crippen molar-refractivity contribution in [2.75, 3.05) is 6.61 Å². The van der Waals surface area contributed by atoms with E-state index in [2.05, 4.69) is 0 Å². The molecule has 0 amide bonds. The Balaban J connectivity index is 0.000000448. The van der Waals surface area contributed by atoms with Crippen LogP contribution in [0.15, 0.2) is 42.5 Å². The summed E-state index contributed by atoms with van der Waals surface area (Å²) in [5, 5.41) is 33.5. The number of Topliss-reactive ketones (excluding diaryl/α,β-unsaturated/α-hetero) is 1. The highest BCUT2D eigenvalue weighted by molar-refractivity contribution is 6.40. The molecule has 0 heterocycles. The minimum absolute atomic E-state index is 0.115. The van der Waals surface area contributed by atoms with Crippen molar-refractivity contribution >= 4 is 17.7 Å². The maximum Gasteiger partial charge on any atom is 0.377 e. The van der Waals surface area contributed by atoms with Gasteiger partial charge < -0.3 is 20.4 Å². The zero-order valence-electron chi connectivity index (χ0n) is 17.0. The molecule has 0 aliphatic carbocycles. The van der Waals surface area contributed by atoms with E-state index in [-0.39, 0.29) is 6.61 Å². The summed E-state index contributed by atoms with van der Waals surface area (Å²) in [5.41, 5.74) is 3.10. The van der Waals surface area contributed by atoms with Crippen LogP contribution in [0.3, 0.4) is 0 Å². The lowest BCUT2D eigenvalue weighted by Gasteiger charge is -2.07. The molecule has 0 fully saturated rings. The van der Waals surface area contributed by atoms with E-state index < -0.39 is 23.8 Å². The molecule has 2 aromatic carbocycles. The lowest BCUT2D eigenvalue weighted by Crippen LogP contribution is -2.15. The van der Waals surface area contributed by atoms with E-state index in [0.29, 0.717) is 17.5 Å². The predicted octanol–water partition coefficient (Wildman–Crippen LogP) is 3.01. The molecule has 0 saturated carbocycles. The number of carboxylic acids is 2. The Labute approximate surface area is 170 Å². The average Bonchev–Trinajstić information content (AvgIpc) is 2.68. The number of carbonyl (C=O) groups is 3. The SMILES string of the molecule is CCC(O)CO.Cc1cc(C)c(C(=O)C(=O)O)c(C)c1.O=C(O)c1ccccc1. The van der Waals surface area contributed by atoms with Gasteiger partial charge in [0.05, 0.1) is 18.3 Å². The fraction of sp³-hybridized carbons (Fsp3) is 0.318. The zero-order valence-corrected chi connectivity index (χ0v) is 17.0. The number of aromatic carboxylic acids is 1. The number of aliphatic hydroxyl groups is 2. The van der Waals surface area contributed by atoms with Crippen LogP contribution in [0.2, 0.25) is 0 Å². The van der Waals surface area contributed by atoms with Crippen molar-refractivity contribution < 1.29 is 34.8 Å². The van der Waals surface area contributed by atoms with Crippen LogP contribution >= 0.6 is 0 Å². The first-order valence-electron chi connectivity index (χ1n) is 8.97. The Kier molecular flexibility index (Phi) is 11.8. The Morgan fingerprint density at radius 3 is 1.69 bits per heavy atom. The smallest absolute Gasteiger partial charge is 0.377 e. The topological polar surface area (TPSA) is 132 Å². The summed E-state index contributed by atoms with van der Waals surface area (Å²) in [7, 11) is 0. The van der Waals surface area contributed by atoms with Crippen LogP contribution in [0.1, 0.15) is 50.8 Å². The molecule has 0 aliphatic rings. The number of ketones is 1. The molecule has 2 aromatic rings. The molecule has 7 nitrogen and oxygen atoms in total. The molecule has 1 unspecified atom stereocenters. The normalized spacial score (nSPS) is 10.6. The standard InChI is InChI=1S/C11H12O3.C7H6O2.C4H10O2/c1-6-4-7(2)9(8(3)5-6)10(12)11(13)14;8-7(9)6-4-2-1-3-5-6;1-2-4(6)3-5/h4-5H,1-3H3,(H,13,14);1-5H,(H,8,9);4-6H,2-3H2,1H3. The van der Waals surface area contributed by atoms with Gasteiger partial charge in [0, 0.05) is 5.56 Å². The van der Waals surface area contributed by atoms with E-state index in [1.165, 1.54) is 0 Å². The monoisotopic (exact) mass is 404 g/mol. The van der Waals surface area contributed by atoms with Gasteiger partial charge in [-0.15, -0.1) is 0 Å². The number of aryl methyl sites for hydroxylation is 3. The van der Waals surface area contributed by atoms with E-state index >= 15 is 0 Å². The van der Waals surface area contributed by atoms with Crippen LogP contribution in [0, 0.1) is 20.8 Å². The average molecular weight is 404 g/mol. The molecule has 4 N–H and O–H groups in total. The second-order valence-electron chi connectivity index (χ2n) is 6.32. The van der Waals surface area contributed by atoms with Crippen LogP contribution in [-0.4, -0.2) is 50.9 Å². The Bertz CT molecular complexity index is 786. The summed E-state index contributed by atoms with van der Waals surface area (Å²) >= 11 is 0. The van der Waals surface area contributed by atoms with Gasteiger partial charge in [-0.25, -0.2) is 9.59 Å². The maximum atomic E-state index is 11.3. The molecular formula is C22H28O7. The van der Waals surface area contributed by atoms with E-state index in [9.17, 15) is 14.4 Å². The quantitative estimate of drug-likeness (QED) is 0.445. The second-order valence-corrected chi connectivity index (χ2v) is 6.32. The summed E-state index contributed by atoms with van der Waals surface area (Å²) in [6, 6.07) is 11.9. The van der Waals surface area contributed by atoms with Gasteiger partial charge in [0.15, 0.2) is 0 Å².